The highest BCUT2D eigenvalue weighted by atomic mass is 16.5. The van der Waals surface area contributed by atoms with Gasteiger partial charge in [-0.1, -0.05) is 36.4 Å². The van der Waals surface area contributed by atoms with Crippen molar-refractivity contribution in [3.05, 3.63) is 84.2 Å². The molecule has 4 aromatic rings. The number of rotatable bonds is 4. The molecule has 1 aromatic heterocycles. The fraction of sp³-hybridized carbons (Fsp3) is 0.0476. The molecule has 0 atom stereocenters. The molecule has 27 heavy (non-hydrogen) atoms. The lowest BCUT2D eigenvalue weighted by Crippen LogP contribution is -2.06. The van der Waals surface area contributed by atoms with Crippen LogP contribution in [0.2, 0.25) is 0 Å². The summed E-state index contributed by atoms with van der Waals surface area (Å²) in [6, 6.07) is 17.2. The van der Waals surface area contributed by atoms with Gasteiger partial charge < -0.3 is 14.9 Å². The first kappa shape index (κ1) is 16.7. The maximum absolute atomic E-state index is 12.4. The number of hydrogen-bond acceptors (Lipinski definition) is 5. The van der Waals surface area contributed by atoms with Crippen molar-refractivity contribution in [2.75, 3.05) is 0 Å². The number of aromatic nitrogens is 2. The maximum Gasteiger partial charge on any atom is 0.342 e. The zero-order valence-corrected chi connectivity index (χ0v) is 14.2. The van der Waals surface area contributed by atoms with E-state index in [-0.39, 0.29) is 23.7 Å². The smallest absolute Gasteiger partial charge is 0.342 e. The molecule has 0 aliphatic carbocycles. The predicted octanol–water partition coefficient (Wildman–Crippen LogP) is 3.79. The van der Waals surface area contributed by atoms with E-state index in [1.165, 1.54) is 6.07 Å². The number of ether oxygens (including phenoxy) is 1. The van der Waals surface area contributed by atoms with Gasteiger partial charge in [-0.3, -0.25) is 0 Å². The number of fused-ring (bicyclic) bond motifs is 1. The molecule has 0 unspecified atom stereocenters. The lowest BCUT2D eigenvalue weighted by molar-refractivity contribution is 0.0469. The molecular weight excluding hydrogens is 344 g/mol. The molecule has 0 spiro atoms. The monoisotopic (exact) mass is 360 g/mol. The number of phenolic OH excluding ortho intramolecular Hbond substituents is 2. The second-order valence-electron chi connectivity index (χ2n) is 6.03. The lowest BCUT2D eigenvalue weighted by atomic mass is 10.0. The molecule has 1 heterocycles. The molecule has 0 saturated carbocycles. The van der Waals surface area contributed by atoms with Crippen molar-refractivity contribution in [3.8, 4) is 17.2 Å². The Labute approximate surface area is 154 Å². The molecule has 134 valence electrons. The molecule has 0 amide bonds. The third kappa shape index (κ3) is 3.20. The van der Waals surface area contributed by atoms with E-state index in [9.17, 15) is 15.0 Å². The Morgan fingerprint density at radius 2 is 1.74 bits per heavy atom. The normalized spacial score (nSPS) is 10.8. The number of nitrogens with zero attached hydrogens (tertiary/aromatic N) is 2. The van der Waals surface area contributed by atoms with Gasteiger partial charge in [0.2, 0.25) is 0 Å². The number of carbonyl (C=O) groups excluding carboxylic acids is 1. The second-order valence-corrected chi connectivity index (χ2v) is 6.03. The maximum atomic E-state index is 12.4. The summed E-state index contributed by atoms with van der Waals surface area (Å²) in [6.07, 6.45) is 3.53. The van der Waals surface area contributed by atoms with Crippen molar-refractivity contribution in [1.82, 2.24) is 9.78 Å². The van der Waals surface area contributed by atoms with Crippen LogP contribution in [0.25, 0.3) is 16.5 Å². The van der Waals surface area contributed by atoms with Crippen LogP contribution in [-0.4, -0.2) is 26.0 Å². The largest absolute Gasteiger partial charge is 0.507 e. The zero-order valence-electron chi connectivity index (χ0n) is 14.2. The van der Waals surface area contributed by atoms with Gasteiger partial charge in [0.25, 0.3) is 0 Å². The third-order valence-electron chi connectivity index (χ3n) is 4.29. The van der Waals surface area contributed by atoms with Crippen LogP contribution in [0, 0.1) is 0 Å². The molecule has 6 heteroatoms. The van der Waals surface area contributed by atoms with E-state index in [0.717, 1.165) is 11.3 Å². The first-order chi connectivity index (χ1) is 13.1. The minimum Gasteiger partial charge on any atom is -0.507 e. The highest BCUT2D eigenvalue weighted by Crippen LogP contribution is 2.35. The van der Waals surface area contributed by atoms with Gasteiger partial charge in [-0.05, 0) is 29.8 Å². The SMILES string of the molecule is O=C(OCc1ccc(-n2cccn2)cc1)c1cc(O)c2ccccc2c1O. The predicted molar refractivity (Wildman–Crippen MR) is 100.0 cm³/mol. The molecule has 0 saturated heterocycles. The third-order valence-corrected chi connectivity index (χ3v) is 4.29. The molecule has 0 bridgehead atoms. The fourth-order valence-electron chi connectivity index (χ4n) is 2.89. The van der Waals surface area contributed by atoms with Crippen LogP contribution in [0.4, 0.5) is 0 Å². The quantitative estimate of drug-likeness (QED) is 0.427. The van der Waals surface area contributed by atoms with E-state index in [4.69, 9.17) is 4.74 Å². The lowest BCUT2D eigenvalue weighted by Gasteiger charge is -2.10. The summed E-state index contributed by atoms with van der Waals surface area (Å²) >= 11 is 0. The average molecular weight is 360 g/mol. The van der Waals surface area contributed by atoms with Crippen molar-refractivity contribution in [2.24, 2.45) is 0 Å². The number of benzene rings is 3. The Morgan fingerprint density at radius 3 is 2.44 bits per heavy atom. The molecule has 0 radical (unpaired) electrons. The number of phenols is 2. The number of hydrogen-bond donors (Lipinski definition) is 2. The van der Waals surface area contributed by atoms with Gasteiger partial charge in [0.05, 0.1) is 5.69 Å². The van der Waals surface area contributed by atoms with Gasteiger partial charge in [0, 0.05) is 23.2 Å². The van der Waals surface area contributed by atoms with Crippen LogP contribution in [0.1, 0.15) is 15.9 Å². The highest BCUT2D eigenvalue weighted by Gasteiger charge is 2.18. The molecule has 0 fully saturated rings. The average Bonchev–Trinajstić information content (AvgIpc) is 3.24. The molecule has 6 nitrogen and oxygen atoms in total. The second kappa shape index (κ2) is 6.84. The molecule has 0 aliphatic heterocycles. The van der Waals surface area contributed by atoms with Crippen LogP contribution in [0.5, 0.6) is 11.5 Å². The zero-order chi connectivity index (χ0) is 18.8. The summed E-state index contributed by atoms with van der Waals surface area (Å²) in [5.41, 5.74) is 1.62. The van der Waals surface area contributed by atoms with Crippen molar-refractivity contribution >= 4 is 16.7 Å². The van der Waals surface area contributed by atoms with Gasteiger partial charge in [0.15, 0.2) is 0 Å². The summed E-state index contributed by atoms with van der Waals surface area (Å²) in [5.74, 6) is -0.994. The van der Waals surface area contributed by atoms with E-state index >= 15 is 0 Å². The Bertz CT molecular complexity index is 1100. The Morgan fingerprint density at radius 1 is 1.00 bits per heavy atom. The van der Waals surface area contributed by atoms with Crippen molar-refractivity contribution < 1.29 is 19.7 Å². The first-order valence-electron chi connectivity index (χ1n) is 8.33. The Kier molecular flexibility index (Phi) is 4.22. The minimum absolute atomic E-state index is 0.0469. The summed E-state index contributed by atoms with van der Waals surface area (Å²) in [7, 11) is 0. The van der Waals surface area contributed by atoms with Gasteiger partial charge in [0.1, 0.15) is 23.7 Å². The van der Waals surface area contributed by atoms with Crippen LogP contribution < -0.4 is 0 Å². The van der Waals surface area contributed by atoms with Crippen LogP contribution in [0.15, 0.2) is 73.1 Å². The van der Waals surface area contributed by atoms with Gasteiger partial charge in [-0.2, -0.15) is 5.10 Å². The minimum atomic E-state index is -0.704. The molecule has 3 aromatic carbocycles. The van der Waals surface area contributed by atoms with Crippen LogP contribution in [-0.2, 0) is 11.3 Å². The highest BCUT2D eigenvalue weighted by molar-refractivity contribution is 6.03. The van der Waals surface area contributed by atoms with E-state index in [0.29, 0.717) is 10.8 Å². The first-order valence-corrected chi connectivity index (χ1v) is 8.33. The van der Waals surface area contributed by atoms with E-state index in [1.54, 1.807) is 35.1 Å². The number of carbonyl (C=O) groups is 1. The summed E-state index contributed by atoms with van der Waals surface area (Å²) < 4.78 is 7.02. The van der Waals surface area contributed by atoms with Gasteiger partial charge in [-0.15, -0.1) is 0 Å². The van der Waals surface area contributed by atoms with Crippen molar-refractivity contribution in [3.63, 3.8) is 0 Å². The summed E-state index contributed by atoms with van der Waals surface area (Å²) in [6.45, 7) is 0.0469. The number of esters is 1. The molecular formula is C21H16N2O4. The van der Waals surface area contributed by atoms with Crippen LogP contribution in [0.3, 0.4) is 0 Å². The summed E-state index contributed by atoms with van der Waals surface area (Å²) in [5, 5.41) is 25.5. The van der Waals surface area contributed by atoms with E-state index in [1.807, 2.05) is 36.5 Å². The topological polar surface area (TPSA) is 84.6 Å². The number of aromatic hydroxyl groups is 2. The van der Waals surface area contributed by atoms with E-state index in [2.05, 4.69) is 5.10 Å². The molecule has 4 rings (SSSR count). The Hall–Kier alpha value is -3.80. The molecule has 0 aliphatic rings. The van der Waals surface area contributed by atoms with Gasteiger partial charge >= 0.3 is 5.97 Å². The fourth-order valence-corrected chi connectivity index (χ4v) is 2.89. The standard InChI is InChI=1S/C21H16N2O4/c24-19-12-18(20(25)17-5-2-1-4-16(17)19)21(26)27-13-14-6-8-15(9-7-14)23-11-3-10-22-23/h1-12,24-25H,13H2. The van der Waals surface area contributed by atoms with Gasteiger partial charge in [-0.25, -0.2) is 9.48 Å². The molecule has 2 N–H and O–H groups in total. The Balaban J connectivity index is 1.51. The van der Waals surface area contributed by atoms with Crippen molar-refractivity contribution in [1.29, 1.82) is 0 Å². The van der Waals surface area contributed by atoms with Crippen molar-refractivity contribution in [2.45, 2.75) is 6.61 Å². The summed E-state index contributed by atoms with van der Waals surface area (Å²) in [4.78, 5) is 12.4. The van der Waals surface area contributed by atoms with Crippen LogP contribution >= 0.6 is 0 Å². The van der Waals surface area contributed by atoms with E-state index < -0.39 is 5.97 Å².